The van der Waals surface area contributed by atoms with Crippen molar-refractivity contribution in [2.24, 2.45) is 5.10 Å². The minimum Gasteiger partial charge on any atom is -0.394 e. The van der Waals surface area contributed by atoms with Gasteiger partial charge in [0.2, 0.25) is 0 Å². The third-order valence-electron chi connectivity index (χ3n) is 5.01. The van der Waals surface area contributed by atoms with Gasteiger partial charge in [-0.05, 0) is 6.42 Å². The number of anilines is 1. The molecule has 4 heterocycles. The second kappa shape index (κ2) is 9.24. The van der Waals surface area contributed by atoms with Gasteiger partial charge in [0, 0.05) is 6.42 Å². The van der Waals surface area contributed by atoms with Gasteiger partial charge >= 0.3 is 0 Å². The van der Waals surface area contributed by atoms with Crippen LogP contribution in [0.1, 0.15) is 37.5 Å². The van der Waals surface area contributed by atoms with Crippen molar-refractivity contribution in [3.63, 3.8) is 0 Å². The zero-order valence-electron chi connectivity index (χ0n) is 16.7. The van der Waals surface area contributed by atoms with Crippen molar-refractivity contribution in [3.05, 3.63) is 29.3 Å². The summed E-state index contributed by atoms with van der Waals surface area (Å²) in [5.41, 5.74) is 4.05. The maximum Gasteiger partial charge on any atom is 0.177 e. The molecular weight excluding hydrogens is 428 g/mol. The van der Waals surface area contributed by atoms with Gasteiger partial charge in [0.1, 0.15) is 41.3 Å². The molecule has 0 radical (unpaired) electrons. The number of unbranched alkanes of at least 4 members (excludes halogenated alkanes) is 1. The zero-order chi connectivity index (χ0) is 22.0. The molecule has 31 heavy (non-hydrogen) atoms. The second-order valence-electron chi connectivity index (χ2n) is 7.13. The number of rotatable bonds is 8. The number of aliphatic hydroxyl groups excluding tert-OH is 3. The molecule has 5 N–H and O–H groups in total. The van der Waals surface area contributed by atoms with Crippen LogP contribution in [0, 0.1) is 0 Å². The Kier molecular flexibility index (Phi) is 6.43. The highest BCUT2D eigenvalue weighted by atomic mass is 35.5. The van der Waals surface area contributed by atoms with E-state index in [9.17, 15) is 15.3 Å². The third-order valence-corrected chi connectivity index (χ3v) is 5.30. The largest absolute Gasteiger partial charge is 0.394 e. The van der Waals surface area contributed by atoms with Gasteiger partial charge in [-0.25, -0.2) is 19.9 Å². The molecule has 0 amide bonds. The van der Waals surface area contributed by atoms with Gasteiger partial charge < -0.3 is 25.0 Å². The minimum absolute atomic E-state index is 0.324. The Bertz CT molecular complexity index is 1070. The molecular formula is C18H23ClN8O4. The number of aromatic amines is 1. The van der Waals surface area contributed by atoms with E-state index in [1.165, 1.54) is 23.4 Å². The first-order valence-corrected chi connectivity index (χ1v) is 10.2. The molecule has 0 unspecified atom stereocenters. The van der Waals surface area contributed by atoms with Crippen molar-refractivity contribution >= 4 is 34.8 Å². The van der Waals surface area contributed by atoms with E-state index in [4.69, 9.17) is 16.3 Å². The summed E-state index contributed by atoms with van der Waals surface area (Å²) < 4.78 is 7.02. The van der Waals surface area contributed by atoms with E-state index < -0.39 is 31.1 Å². The number of aromatic nitrogens is 6. The first-order valence-electron chi connectivity index (χ1n) is 9.87. The van der Waals surface area contributed by atoms with Crippen LogP contribution in [0.15, 0.2) is 17.8 Å². The van der Waals surface area contributed by atoms with Crippen molar-refractivity contribution in [2.45, 2.75) is 50.7 Å². The molecule has 1 saturated heterocycles. The predicted molar refractivity (Wildman–Crippen MR) is 112 cm³/mol. The Morgan fingerprint density at radius 1 is 1.32 bits per heavy atom. The quantitative estimate of drug-likeness (QED) is 0.244. The molecule has 0 spiro atoms. The van der Waals surface area contributed by atoms with Gasteiger partial charge in [-0.15, -0.1) is 0 Å². The molecule has 1 aliphatic rings. The van der Waals surface area contributed by atoms with Crippen molar-refractivity contribution in [3.8, 4) is 0 Å². The highest BCUT2D eigenvalue weighted by Gasteiger charge is 2.44. The highest BCUT2D eigenvalue weighted by molar-refractivity contribution is 6.31. The lowest BCUT2D eigenvalue weighted by Gasteiger charge is -2.16. The molecule has 3 aromatic heterocycles. The van der Waals surface area contributed by atoms with Crippen molar-refractivity contribution in [1.82, 2.24) is 29.5 Å². The molecule has 4 atom stereocenters. The number of nitrogens with zero attached hydrogens (tertiary/aromatic N) is 6. The summed E-state index contributed by atoms with van der Waals surface area (Å²) in [4.78, 5) is 20.0. The maximum absolute atomic E-state index is 10.3. The van der Waals surface area contributed by atoms with E-state index in [1.54, 1.807) is 0 Å². The van der Waals surface area contributed by atoms with Crippen LogP contribution >= 0.6 is 11.6 Å². The summed E-state index contributed by atoms with van der Waals surface area (Å²) in [5, 5.41) is 34.1. The SMILES string of the molecule is CCCCc1nc(C=NNc2ncnc3c2ncn3[C@@H]2O[C@H](CO)[C@@H](O)[C@H]2O)c(Cl)[nH]1. The molecule has 1 fully saturated rings. The summed E-state index contributed by atoms with van der Waals surface area (Å²) in [7, 11) is 0. The van der Waals surface area contributed by atoms with Crippen LogP contribution in [-0.2, 0) is 11.2 Å². The third kappa shape index (κ3) is 4.25. The molecule has 12 nitrogen and oxygen atoms in total. The number of nitrogens with one attached hydrogen (secondary N) is 2. The normalized spacial score (nSPS) is 23.9. The lowest BCUT2D eigenvalue weighted by Crippen LogP contribution is -2.33. The van der Waals surface area contributed by atoms with Gasteiger partial charge in [0.15, 0.2) is 23.2 Å². The Hall–Kier alpha value is -2.64. The predicted octanol–water partition coefficient (Wildman–Crippen LogP) is 0.603. The van der Waals surface area contributed by atoms with Gasteiger partial charge in [0.25, 0.3) is 0 Å². The first-order chi connectivity index (χ1) is 15.0. The fourth-order valence-corrected chi connectivity index (χ4v) is 3.55. The van der Waals surface area contributed by atoms with Crippen molar-refractivity contribution < 1.29 is 20.1 Å². The van der Waals surface area contributed by atoms with E-state index in [1.807, 2.05) is 0 Å². The average Bonchev–Trinajstić information content (AvgIpc) is 3.43. The number of imidazole rings is 2. The Labute approximate surface area is 182 Å². The highest BCUT2D eigenvalue weighted by Crippen LogP contribution is 2.32. The van der Waals surface area contributed by atoms with Gasteiger partial charge in [-0.2, -0.15) is 5.10 Å². The molecule has 0 saturated carbocycles. The second-order valence-corrected chi connectivity index (χ2v) is 7.51. The summed E-state index contributed by atoms with van der Waals surface area (Å²) in [6, 6.07) is 0. The lowest BCUT2D eigenvalue weighted by molar-refractivity contribution is -0.0511. The molecule has 1 aliphatic heterocycles. The number of halogens is 1. The fraction of sp³-hybridized carbons (Fsp3) is 0.500. The molecule has 0 aromatic carbocycles. The standard InChI is InChI=1S/C18H23ClN8O4/c1-2-3-4-11-24-9(15(19)25-11)5-23-26-16-12-17(21-7-20-16)27(8-22-12)18-14(30)13(29)10(6-28)31-18/h5,7-8,10,13-14,18,28-30H,2-4,6H2,1H3,(H,24,25)(H,20,21,26)/t10-,13-,14-,18-/m1/s1. The number of H-pyrrole nitrogens is 1. The fourth-order valence-electron chi connectivity index (χ4n) is 3.35. The molecule has 13 heteroatoms. The van der Waals surface area contributed by atoms with E-state index in [2.05, 4.69) is 42.4 Å². The van der Waals surface area contributed by atoms with Crippen LogP contribution in [0.25, 0.3) is 11.2 Å². The number of hydrogen-bond donors (Lipinski definition) is 5. The molecule has 0 aliphatic carbocycles. The monoisotopic (exact) mass is 450 g/mol. The Balaban J connectivity index is 1.52. The molecule has 0 bridgehead atoms. The van der Waals surface area contributed by atoms with Crippen LogP contribution in [0.4, 0.5) is 5.82 Å². The number of ether oxygens (including phenoxy) is 1. The number of hydrazone groups is 1. The van der Waals surface area contributed by atoms with Crippen LogP contribution in [0.2, 0.25) is 5.15 Å². The number of aliphatic hydroxyl groups is 3. The molecule has 3 aromatic rings. The Morgan fingerprint density at radius 2 is 2.16 bits per heavy atom. The lowest BCUT2D eigenvalue weighted by atomic mass is 10.1. The smallest absolute Gasteiger partial charge is 0.177 e. The summed E-state index contributed by atoms with van der Waals surface area (Å²) in [6.07, 6.45) is 2.75. The van der Waals surface area contributed by atoms with Gasteiger partial charge in [0.05, 0.1) is 19.1 Å². The van der Waals surface area contributed by atoms with Gasteiger partial charge in [-0.3, -0.25) is 9.99 Å². The first kappa shape index (κ1) is 21.6. The number of fused-ring (bicyclic) bond motifs is 1. The van der Waals surface area contributed by atoms with Crippen LogP contribution in [0.5, 0.6) is 0 Å². The summed E-state index contributed by atoms with van der Waals surface area (Å²) >= 11 is 6.17. The van der Waals surface area contributed by atoms with Crippen LogP contribution in [0.3, 0.4) is 0 Å². The number of aryl methyl sites for hydroxylation is 1. The summed E-state index contributed by atoms with van der Waals surface area (Å²) in [5.74, 6) is 1.12. The van der Waals surface area contributed by atoms with E-state index >= 15 is 0 Å². The molecule has 4 rings (SSSR count). The Morgan fingerprint density at radius 3 is 2.90 bits per heavy atom. The summed E-state index contributed by atoms with van der Waals surface area (Å²) in [6.45, 7) is 1.68. The molecule has 166 valence electrons. The van der Waals surface area contributed by atoms with E-state index in [0.29, 0.717) is 27.8 Å². The maximum atomic E-state index is 10.3. The topological polar surface area (TPSA) is 167 Å². The van der Waals surface area contributed by atoms with Crippen molar-refractivity contribution in [2.75, 3.05) is 12.0 Å². The van der Waals surface area contributed by atoms with E-state index in [0.717, 1.165) is 25.1 Å². The average molecular weight is 451 g/mol. The zero-order valence-corrected chi connectivity index (χ0v) is 17.4. The van der Waals surface area contributed by atoms with Crippen LogP contribution in [-0.4, -0.2) is 75.9 Å². The van der Waals surface area contributed by atoms with E-state index in [-0.39, 0.29) is 0 Å². The van der Waals surface area contributed by atoms with Crippen LogP contribution < -0.4 is 5.43 Å². The minimum atomic E-state index is -1.25. The number of hydrogen-bond acceptors (Lipinski definition) is 10. The van der Waals surface area contributed by atoms with Crippen molar-refractivity contribution in [1.29, 1.82) is 0 Å². The van der Waals surface area contributed by atoms with Gasteiger partial charge in [-0.1, -0.05) is 24.9 Å².